The van der Waals surface area contributed by atoms with Crippen LogP contribution >= 0.6 is 23.1 Å². The van der Waals surface area contributed by atoms with E-state index < -0.39 is 5.03 Å². The first-order valence-electron chi connectivity index (χ1n) is 8.17. The summed E-state index contributed by atoms with van der Waals surface area (Å²) in [7, 11) is 0. The maximum Gasteiger partial charge on any atom is 0.269 e. The minimum atomic E-state index is -0.710. The number of rotatable bonds is 11. The molecule has 8 nitrogen and oxygen atoms in total. The van der Waals surface area contributed by atoms with Crippen molar-refractivity contribution in [3.8, 4) is 0 Å². The highest BCUT2D eigenvalue weighted by Crippen LogP contribution is 2.23. The van der Waals surface area contributed by atoms with Crippen LogP contribution in [-0.2, 0) is 18.7 Å². The van der Waals surface area contributed by atoms with Crippen LogP contribution in [0, 0.1) is 10.1 Å². The van der Waals surface area contributed by atoms with Gasteiger partial charge in [0.1, 0.15) is 10.1 Å². The van der Waals surface area contributed by atoms with Crippen molar-refractivity contribution < 1.29 is 5.03 Å². The molecule has 4 N–H and O–H groups in total. The van der Waals surface area contributed by atoms with Crippen molar-refractivity contribution in [2.45, 2.75) is 39.0 Å². The zero-order valence-corrected chi connectivity index (χ0v) is 16.3. The Kier molecular flexibility index (Phi) is 10.8. The lowest BCUT2D eigenvalue weighted by molar-refractivity contribution is -0.485. The van der Waals surface area contributed by atoms with E-state index in [0.29, 0.717) is 19.6 Å². The Hall–Kier alpha value is -1.65. The first kappa shape index (κ1) is 21.4. The van der Waals surface area contributed by atoms with Crippen LogP contribution in [0.1, 0.15) is 35.8 Å². The highest BCUT2D eigenvalue weighted by molar-refractivity contribution is 7.98. The summed E-state index contributed by atoms with van der Waals surface area (Å²) in [4.78, 5) is 16.4. The van der Waals surface area contributed by atoms with Crippen molar-refractivity contribution in [2.24, 2.45) is 10.8 Å². The van der Waals surface area contributed by atoms with Gasteiger partial charge in [0.05, 0.1) is 5.69 Å². The van der Waals surface area contributed by atoms with Gasteiger partial charge in [0.25, 0.3) is 5.96 Å². The number of nitrogens with two attached hydrogens (primary N) is 1. The van der Waals surface area contributed by atoms with Gasteiger partial charge in [0.15, 0.2) is 5.03 Å². The minimum absolute atomic E-state index is 0.175. The van der Waals surface area contributed by atoms with Crippen LogP contribution in [0.3, 0.4) is 0 Å². The van der Waals surface area contributed by atoms with Crippen LogP contribution in [-0.4, -0.2) is 34.8 Å². The van der Waals surface area contributed by atoms with E-state index in [2.05, 4.69) is 27.6 Å². The number of thioether (sulfide) groups is 1. The van der Waals surface area contributed by atoms with Crippen molar-refractivity contribution in [1.82, 2.24) is 15.6 Å². The van der Waals surface area contributed by atoms with Crippen molar-refractivity contribution in [1.29, 1.82) is 0 Å². The SMILES string of the molecule is CC=CCNC(=N[N+](=O)[O-])NCCSCc1nc(CN)sc1CCC. The fourth-order valence-corrected chi connectivity index (χ4v) is 3.94. The maximum atomic E-state index is 10.5. The molecule has 25 heavy (non-hydrogen) atoms. The second-order valence-electron chi connectivity index (χ2n) is 5.05. The monoisotopic (exact) mass is 386 g/mol. The molecule has 1 aromatic heterocycles. The van der Waals surface area contributed by atoms with E-state index in [9.17, 15) is 10.1 Å². The summed E-state index contributed by atoms with van der Waals surface area (Å²) in [5.74, 6) is 1.79. The zero-order valence-electron chi connectivity index (χ0n) is 14.7. The van der Waals surface area contributed by atoms with Crippen LogP contribution < -0.4 is 16.4 Å². The first-order chi connectivity index (χ1) is 12.1. The van der Waals surface area contributed by atoms with Crippen molar-refractivity contribution in [3.05, 3.63) is 37.8 Å². The third kappa shape index (κ3) is 8.84. The molecule has 10 heteroatoms. The van der Waals surface area contributed by atoms with Gasteiger partial charge in [-0.3, -0.25) is 0 Å². The lowest BCUT2D eigenvalue weighted by Crippen LogP contribution is -2.39. The summed E-state index contributed by atoms with van der Waals surface area (Å²) >= 11 is 3.43. The van der Waals surface area contributed by atoms with Gasteiger partial charge in [0, 0.05) is 36.0 Å². The largest absolute Gasteiger partial charge is 0.350 e. The average molecular weight is 387 g/mol. The quantitative estimate of drug-likeness (QED) is 0.133. The van der Waals surface area contributed by atoms with E-state index in [1.54, 1.807) is 23.1 Å². The molecule has 0 amide bonds. The van der Waals surface area contributed by atoms with Gasteiger partial charge in [0.2, 0.25) is 0 Å². The van der Waals surface area contributed by atoms with E-state index in [1.807, 2.05) is 19.1 Å². The molecule has 0 saturated carbocycles. The number of nitrogens with one attached hydrogen (secondary N) is 2. The molecular weight excluding hydrogens is 360 g/mol. The number of thiazole rings is 1. The van der Waals surface area contributed by atoms with Gasteiger partial charge in [-0.05, 0) is 13.3 Å². The highest BCUT2D eigenvalue weighted by atomic mass is 32.2. The van der Waals surface area contributed by atoms with Gasteiger partial charge in [-0.2, -0.15) is 11.8 Å². The van der Waals surface area contributed by atoms with Gasteiger partial charge in [-0.1, -0.05) is 25.5 Å². The summed E-state index contributed by atoms with van der Waals surface area (Å²) < 4.78 is 0. The zero-order chi connectivity index (χ0) is 18.5. The number of nitro groups is 1. The van der Waals surface area contributed by atoms with E-state index >= 15 is 0 Å². The molecule has 0 radical (unpaired) electrons. The average Bonchev–Trinajstić information content (AvgIpc) is 2.96. The lowest BCUT2D eigenvalue weighted by atomic mass is 10.2. The Morgan fingerprint density at radius 1 is 1.52 bits per heavy atom. The molecule has 0 aliphatic rings. The molecule has 1 aromatic rings. The molecule has 0 aliphatic carbocycles. The summed E-state index contributed by atoms with van der Waals surface area (Å²) in [6.45, 7) is 5.59. The normalized spacial score (nSPS) is 11.9. The summed E-state index contributed by atoms with van der Waals surface area (Å²) in [6, 6.07) is 0. The number of nitrogens with zero attached hydrogens (tertiary/aromatic N) is 3. The summed E-state index contributed by atoms with van der Waals surface area (Å²) in [6.07, 6.45) is 5.84. The Labute approximate surface area is 156 Å². The molecule has 1 heterocycles. The molecule has 140 valence electrons. The highest BCUT2D eigenvalue weighted by Gasteiger charge is 2.10. The summed E-state index contributed by atoms with van der Waals surface area (Å²) in [5.41, 5.74) is 6.79. The molecule has 0 unspecified atom stereocenters. The standard InChI is InChI=1S/C15H26N6O2S2/c1-3-5-7-17-15(20-21(22)23)18-8-9-24-11-12-13(6-4-2)25-14(10-16)19-12/h3,5H,4,6-11,16H2,1-2H3,(H2,17,18,20). The first-order valence-corrected chi connectivity index (χ1v) is 10.1. The molecule has 0 spiro atoms. The third-order valence-electron chi connectivity index (χ3n) is 3.06. The van der Waals surface area contributed by atoms with Crippen LogP contribution in [0.25, 0.3) is 0 Å². The van der Waals surface area contributed by atoms with Crippen LogP contribution in [0.2, 0.25) is 0 Å². The molecule has 0 aliphatic heterocycles. The number of hydrogen-bond donors (Lipinski definition) is 3. The molecule has 0 fully saturated rings. The van der Waals surface area contributed by atoms with Gasteiger partial charge < -0.3 is 16.4 Å². The number of hydrazone groups is 1. The number of hydrogen-bond acceptors (Lipinski definition) is 6. The molecule has 1 rings (SSSR count). The molecule has 0 saturated heterocycles. The van der Waals surface area contributed by atoms with Crippen molar-refractivity contribution in [2.75, 3.05) is 18.8 Å². The molecule has 0 aromatic carbocycles. The predicted octanol–water partition coefficient (Wildman–Crippen LogP) is 2.09. The van der Waals surface area contributed by atoms with E-state index in [-0.39, 0.29) is 5.96 Å². The van der Waals surface area contributed by atoms with Gasteiger partial charge >= 0.3 is 0 Å². The fraction of sp³-hybridized carbons (Fsp3) is 0.600. The smallest absolute Gasteiger partial charge is 0.269 e. The van der Waals surface area contributed by atoms with E-state index in [0.717, 1.165) is 35.0 Å². The Morgan fingerprint density at radius 3 is 2.96 bits per heavy atom. The molecular formula is C15H26N6O2S2. The number of guanidine groups is 1. The minimum Gasteiger partial charge on any atom is -0.350 e. The van der Waals surface area contributed by atoms with Crippen LogP contribution in [0.4, 0.5) is 0 Å². The van der Waals surface area contributed by atoms with Crippen LogP contribution in [0.15, 0.2) is 17.3 Å². The maximum absolute atomic E-state index is 10.5. The number of aromatic nitrogens is 1. The lowest BCUT2D eigenvalue weighted by Gasteiger charge is -2.08. The molecule has 0 atom stereocenters. The Morgan fingerprint density at radius 2 is 2.32 bits per heavy atom. The Bertz CT molecular complexity index is 589. The molecule has 0 bridgehead atoms. The van der Waals surface area contributed by atoms with Gasteiger partial charge in [-0.15, -0.1) is 11.3 Å². The topological polar surface area (TPSA) is 118 Å². The number of allylic oxidation sites excluding steroid dienone is 1. The van der Waals surface area contributed by atoms with E-state index in [1.165, 1.54) is 4.88 Å². The second kappa shape index (κ2) is 12.7. The van der Waals surface area contributed by atoms with E-state index in [4.69, 9.17) is 5.73 Å². The van der Waals surface area contributed by atoms with Crippen molar-refractivity contribution in [3.63, 3.8) is 0 Å². The van der Waals surface area contributed by atoms with Gasteiger partial charge in [-0.25, -0.2) is 15.1 Å². The predicted molar refractivity (Wildman–Crippen MR) is 105 cm³/mol. The van der Waals surface area contributed by atoms with Crippen molar-refractivity contribution >= 4 is 29.1 Å². The second-order valence-corrected chi connectivity index (χ2v) is 7.32. The summed E-state index contributed by atoms with van der Waals surface area (Å²) in [5, 5.41) is 19.9. The third-order valence-corrected chi connectivity index (χ3v) is 5.21. The number of aryl methyl sites for hydroxylation is 1. The fourth-order valence-electron chi connectivity index (χ4n) is 1.96. The van der Waals surface area contributed by atoms with Crippen LogP contribution in [0.5, 0.6) is 0 Å². The Balaban J connectivity index is 2.41.